The van der Waals surface area contributed by atoms with E-state index in [0.29, 0.717) is 25.4 Å². The van der Waals surface area contributed by atoms with Crippen molar-refractivity contribution in [1.29, 1.82) is 0 Å². The number of nitrogens with one attached hydrogen (secondary N) is 2. The number of esters is 1. The molecule has 0 rings (SSSR count). The zero-order valence-electron chi connectivity index (χ0n) is 11.9. The second-order valence-electron chi connectivity index (χ2n) is 3.81. The van der Waals surface area contributed by atoms with E-state index in [1.807, 2.05) is 6.26 Å². The molecule has 0 aliphatic carbocycles. The summed E-state index contributed by atoms with van der Waals surface area (Å²) in [6, 6.07) is -0.661. The molecule has 0 aromatic carbocycles. The van der Waals surface area contributed by atoms with Crippen LogP contribution in [0.3, 0.4) is 0 Å². The molecule has 0 aromatic rings. The van der Waals surface area contributed by atoms with Crippen molar-refractivity contribution >= 4 is 35.4 Å². The Labute approximate surface area is 129 Å². The van der Waals surface area contributed by atoms with Gasteiger partial charge in [-0.1, -0.05) is 0 Å². The number of thioether (sulfide) groups is 1. The van der Waals surface area contributed by atoms with Crippen LogP contribution in [0.2, 0.25) is 0 Å². The molecule has 0 aliphatic rings. The van der Waals surface area contributed by atoms with Gasteiger partial charge in [0.25, 0.3) is 0 Å². The van der Waals surface area contributed by atoms with Crippen molar-refractivity contribution < 1.29 is 19.1 Å². The average Bonchev–Trinajstić information content (AvgIpc) is 2.43. The van der Waals surface area contributed by atoms with Gasteiger partial charge < -0.3 is 20.1 Å². The summed E-state index contributed by atoms with van der Waals surface area (Å²) in [5.74, 6) is 0.825. The lowest BCUT2D eigenvalue weighted by atomic mass is 10.2. The van der Waals surface area contributed by atoms with E-state index in [0.717, 1.165) is 5.75 Å². The first-order valence-electron chi connectivity index (χ1n) is 6.51. The van der Waals surface area contributed by atoms with Gasteiger partial charge in [-0.3, -0.25) is 0 Å². The van der Waals surface area contributed by atoms with Gasteiger partial charge in [-0.25, -0.2) is 9.59 Å². The number of alkyl carbamates (subject to hydrolysis) is 1. The maximum Gasteiger partial charge on any atom is 0.407 e. The fraction of sp³-hybridized carbons (Fsp3) is 0.833. The molecular formula is C12H23ClN2O4S. The van der Waals surface area contributed by atoms with E-state index in [-0.39, 0.29) is 13.2 Å². The Morgan fingerprint density at radius 3 is 2.65 bits per heavy atom. The van der Waals surface area contributed by atoms with Crippen molar-refractivity contribution in [1.82, 2.24) is 10.6 Å². The Kier molecular flexibility index (Phi) is 12.9. The Balaban J connectivity index is 4.01. The Morgan fingerprint density at radius 1 is 1.30 bits per heavy atom. The molecule has 0 radical (unpaired) electrons. The predicted molar refractivity (Wildman–Crippen MR) is 81.5 cm³/mol. The van der Waals surface area contributed by atoms with E-state index in [4.69, 9.17) is 21.1 Å². The molecular weight excluding hydrogens is 304 g/mol. The van der Waals surface area contributed by atoms with Crippen molar-refractivity contribution in [3.8, 4) is 0 Å². The molecule has 0 aromatic heterocycles. The summed E-state index contributed by atoms with van der Waals surface area (Å²) in [5.41, 5.74) is 0. The predicted octanol–water partition coefficient (Wildman–Crippen LogP) is 1.23. The molecule has 0 saturated heterocycles. The Morgan fingerprint density at radius 2 is 2.05 bits per heavy atom. The van der Waals surface area contributed by atoms with Crippen molar-refractivity contribution in [2.45, 2.75) is 19.4 Å². The van der Waals surface area contributed by atoms with Gasteiger partial charge >= 0.3 is 12.1 Å². The third-order valence-corrected chi connectivity index (χ3v) is 3.09. The summed E-state index contributed by atoms with van der Waals surface area (Å²) in [6.45, 7) is 3.42. The van der Waals surface area contributed by atoms with E-state index in [1.165, 1.54) is 0 Å². The molecule has 0 unspecified atom stereocenters. The number of hydrogen-bond acceptors (Lipinski definition) is 6. The van der Waals surface area contributed by atoms with E-state index in [2.05, 4.69) is 10.6 Å². The number of alkyl halides is 1. The van der Waals surface area contributed by atoms with Gasteiger partial charge in [-0.2, -0.15) is 11.8 Å². The van der Waals surface area contributed by atoms with Gasteiger partial charge in [0.15, 0.2) is 0 Å². The van der Waals surface area contributed by atoms with Crippen LogP contribution in [0.4, 0.5) is 4.79 Å². The molecule has 0 fully saturated rings. The topological polar surface area (TPSA) is 76.7 Å². The second-order valence-corrected chi connectivity index (χ2v) is 5.17. The van der Waals surface area contributed by atoms with Crippen LogP contribution in [-0.4, -0.2) is 62.3 Å². The Bertz CT molecular complexity index is 282. The van der Waals surface area contributed by atoms with Crippen molar-refractivity contribution in [2.75, 3.05) is 44.2 Å². The molecule has 20 heavy (non-hydrogen) atoms. The molecule has 0 saturated carbocycles. The standard InChI is InChI=1S/C12H23ClN2O4S/c1-3-18-11(16)10(4-9-20-2)15-12(17)19-8-7-14-6-5-13/h10,14H,3-9H2,1-2H3,(H,15,17)/t10-/m1/s1. The van der Waals surface area contributed by atoms with Gasteiger partial charge in [0.05, 0.1) is 6.61 Å². The zero-order chi connectivity index (χ0) is 15.2. The number of carbonyl (C=O) groups excluding carboxylic acids is 2. The molecule has 8 heteroatoms. The largest absolute Gasteiger partial charge is 0.464 e. The van der Waals surface area contributed by atoms with E-state index in [9.17, 15) is 9.59 Å². The highest BCUT2D eigenvalue weighted by Crippen LogP contribution is 2.03. The lowest BCUT2D eigenvalue weighted by molar-refractivity contribution is -0.145. The van der Waals surface area contributed by atoms with Crippen LogP contribution < -0.4 is 10.6 Å². The van der Waals surface area contributed by atoms with E-state index < -0.39 is 18.1 Å². The molecule has 0 heterocycles. The quantitative estimate of drug-likeness (QED) is 0.338. The maximum absolute atomic E-state index is 11.7. The fourth-order valence-corrected chi connectivity index (χ4v) is 1.92. The van der Waals surface area contributed by atoms with Crippen molar-refractivity contribution in [3.63, 3.8) is 0 Å². The zero-order valence-corrected chi connectivity index (χ0v) is 13.5. The summed E-state index contributed by atoms with van der Waals surface area (Å²) < 4.78 is 9.87. The fourth-order valence-electron chi connectivity index (χ4n) is 1.32. The van der Waals surface area contributed by atoms with Crippen LogP contribution in [0.15, 0.2) is 0 Å². The minimum Gasteiger partial charge on any atom is -0.464 e. The SMILES string of the molecule is CCOC(=O)[C@@H](CCSC)NC(=O)OCCNCCCl. The molecule has 0 aliphatic heterocycles. The van der Waals surface area contributed by atoms with Gasteiger partial charge in [-0.15, -0.1) is 11.6 Å². The maximum atomic E-state index is 11.7. The highest BCUT2D eigenvalue weighted by molar-refractivity contribution is 7.98. The van der Waals surface area contributed by atoms with Crippen LogP contribution in [0.5, 0.6) is 0 Å². The van der Waals surface area contributed by atoms with E-state index >= 15 is 0 Å². The smallest absolute Gasteiger partial charge is 0.407 e. The van der Waals surface area contributed by atoms with Crippen molar-refractivity contribution in [2.24, 2.45) is 0 Å². The normalized spacial score (nSPS) is 11.8. The first-order valence-corrected chi connectivity index (χ1v) is 8.44. The van der Waals surface area contributed by atoms with Gasteiger partial charge in [0, 0.05) is 19.0 Å². The first-order chi connectivity index (χ1) is 9.65. The van der Waals surface area contributed by atoms with Gasteiger partial charge in [-0.05, 0) is 25.4 Å². The molecule has 1 amide bonds. The van der Waals surface area contributed by atoms with E-state index in [1.54, 1.807) is 18.7 Å². The van der Waals surface area contributed by atoms with Crippen LogP contribution in [0, 0.1) is 0 Å². The molecule has 6 nitrogen and oxygen atoms in total. The van der Waals surface area contributed by atoms with Gasteiger partial charge in [0.1, 0.15) is 12.6 Å². The minimum atomic E-state index is -0.661. The van der Waals surface area contributed by atoms with Crippen LogP contribution in [0.1, 0.15) is 13.3 Å². The molecule has 0 spiro atoms. The number of rotatable bonds is 11. The molecule has 0 bridgehead atoms. The summed E-state index contributed by atoms with van der Waals surface area (Å²) >= 11 is 7.09. The van der Waals surface area contributed by atoms with Crippen LogP contribution >= 0.6 is 23.4 Å². The summed E-state index contributed by atoms with van der Waals surface area (Å²) in [5, 5.41) is 5.51. The van der Waals surface area contributed by atoms with Crippen LogP contribution in [0.25, 0.3) is 0 Å². The Hall–Kier alpha value is -0.660. The number of amides is 1. The van der Waals surface area contributed by atoms with Crippen molar-refractivity contribution in [3.05, 3.63) is 0 Å². The lowest BCUT2D eigenvalue weighted by Gasteiger charge is -2.16. The number of halogens is 1. The highest BCUT2D eigenvalue weighted by Gasteiger charge is 2.22. The number of carbonyl (C=O) groups is 2. The number of hydrogen-bond donors (Lipinski definition) is 2. The third-order valence-electron chi connectivity index (χ3n) is 2.26. The van der Waals surface area contributed by atoms with Crippen LogP contribution in [-0.2, 0) is 14.3 Å². The molecule has 2 N–H and O–H groups in total. The monoisotopic (exact) mass is 326 g/mol. The minimum absolute atomic E-state index is 0.223. The first kappa shape index (κ1) is 19.3. The average molecular weight is 327 g/mol. The number of ether oxygens (including phenoxy) is 2. The van der Waals surface area contributed by atoms with Gasteiger partial charge in [0.2, 0.25) is 0 Å². The lowest BCUT2D eigenvalue weighted by Crippen LogP contribution is -2.43. The summed E-state index contributed by atoms with van der Waals surface area (Å²) in [4.78, 5) is 23.2. The molecule has 1 atom stereocenters. The highest BCUT2D eigenvalue weighted by atomic mass is 35.5. The summed E-state index contributed by atoms with van der Waals surface area (Å²) in [6.07, 6.45) is 1.83. The molecule has 118 valence electrons. The second kappa shape index (κ2) is 13.3. The third kappa shape index (κ3) is 10.2. The summed E-state index contributed by atoms with van der Waals surface area (Å²) in [7, 11) is 0.